The summed E-state index contributed by atoms with van der Waals surface area (Å²) in [7, 11) is 1.73. The molecule has 4 nitrogen and oxygen atoms in total. The van der Waals surface area contributed by atoms with Crippen LogP contribution in [0.25, 0.3) is 0 Å². The summed E-state index contributed by atoms with van der Waals surface area (Å²) in [5.41, 5.74) is 5.57. The van der Waals surface area contributed by atoms with E-state index in [4.69, 9.17) is 15.2 Å². The number of anilines is 1. The van der Waals surface area contributed by atoms with Gasteiger partial charge in [-0.05, 0) is 48.2 Å². The molecule has 0 radical (unpaired) electrons. The number of nitrogens with zero attached hydrogens (tertiary/aromatic N) is 1. The van der Waals surface area contributed by atoms with E-state index in [2.05, 4.69) is 27.8 Å². The van der Waals surface area contributed by atoms with Gasteiger partial charge in [-0.25, -0.2) is 4.98 Å². The number of nitrogens with two attached hydrogens (primary N) is 1. The Bertz CT molecular complexity index is 413. The summed E-state index contributed by atoms with van der Waals surface area (Å²) in [6.45, 7) is 2.08. The summed E-state index contributed by atoms with van der Waals surface area (Å²) in [4.78, 5) is 4.06. The van der Waals surface area contributed by atoms with E-state index in [1.807, 2.05) is 6.07 Å². The monoisotopic (exact) mass is 300 g/mol. The molecule has 1 fully saturated rings. The van der Waals surface area contributed by atoms with Crippen LogP contribution in [0.1, 0.15) is 26.2 Å². The first-order chi connectivity index (χ1) is 8.05. The van der Waals surface area contributed by atoms with Crippen molar-refractivity contribution in [2.24, 2.45) is 0 Å². The molecule has 1 aromatic rings. The lowest BCUT2D eigenvalue weighted by Crippen LogP contribution is -2.40. The van der Waals surface area contributed by atoms with E-state index in [-0.39, 0.29) is 11.7 Å². The highest BCUT2D eigenvalue weighted by Crippen LogP contribution is 2.37. The minimum absolute atomic E-state index is 0.0332. The molecule has 1 aromatic heterocycles. The zero-order chi connectivity index (χ0) is 12.5. The van der Waals surface area contributed by atoms with Crippen molar-refractivity contribution in [1.29, 1.82) is 0 Å². The molecule has 1 heterocycles. The van der Waals surface area contributed by atoms with E-state index >= 15 is 0 Å². The number of rotatable bonds is 3. The van der Waals surface area contributed by atoms with Crippen LogP contribution in [0.5, 0.6) is 5.75 Å². The van der Waals surface area contributed by atoms with Crippen LogP contribution in [0.4, 0.5) is 5.82 Å². The van der Waals surface area contributed by atoms with Crippen molar-refractivity contribution in [1.82, 2.24) is 4.98 Å². The molecule has 0 spiro atoms. The van der Waals surface area contributed by atoms with Gasteiger partial charge in [0.1, 0.15) is 11.7 Å². The second kappa shape index (κ2) is 4.82. The standard InChI is InChI=1S/C12H17BrN2O2/c1-12(16-2)5-3-4-10(12)17-9-6-8(13)7-15-11(9)14/h6-7,10H,3-5H2,1-2H3,(H2,14,15)/t10-,12?/m0/s1. The highest BCUT2D eigenvalue weighted by molar-refractivity contribution is 9.10. The molecule has 0 aromatic carbocycles. The Kier molecular flexibility index (Phi) is 3.58. The minimum atomic E-state index is -0.227. The topological polar surface area (TPSA) is 57.4 Å². The van der Waals surface area contributed by atoms with Crippen LogP contribution >= 0.6 is 15.9 Å². The molecule has 2 atom stereocenters. The second-order valence-corrected chi connectivity index (χ2v) is 5.47. The lowest BCUT2D eigenvalue weighted by atomic mass is 10.0. The molecule has 1 aliphatic carbocycles. The van der Waals surface area contributed by atoms with E-state index in [1.54, 1.807) is 13.3 Å². The minimum Gasteiger partial charge on any atom is -0.484 e. The number of pyridine rings is 1. The Hall–Kier alpha value is -0.810. The van der Waals surface area contributed by atoms with Crippen molar-refractivity contribution in [3.05, 3.63) is 16.7 Å². The first-order valence-electron chi connectivity index (χ1n) is 5.68. The molecular weight excluding hydrogens is 284 g/mol. The molecule has 1 aliphatic rings. The normalized spacial score (nSPS) is 28.3. The summed E-state index contributed by atoms with van der Waals surface area (Å²) in [6, 6.07) is 1.84. The van der Waals surface area contributed by atoms with E-state index in [9.17, 15) is 0 Å². The largest absolute Gasteiger partial charge is 0.484 e. The molecule has 1 unspecified atom stereocenters. The van der Waals surface area contributed by atoms with Gasteiger partial charge in [-0.1, -0.05) is 0 Å². The molecule has 2 rings (SSSR count). The van der Waals surface area contributed by atoms with Crippen molar-refractivity contribution in [3.8, 4) is 5.75 Å². The fraction of sp³-hybridized carbons (Fsp3) is 0.583. The number of aromatic nitrogens is 1. The summed E-state index contributed by atoms with van der Waals surface area (Å²) in [5, 5.41) is 0. The van der Waals surface area contributed by atoms with Gasteiger partial charge in [0.25, 0.3) is 0 Å². The maximum atomic E-state index is 5.95. The van der Waals surface area contributed by atoms with Crippen molar-refractivity contribution in [2.45, 2.75) is 37.9 Å². The van der Waals surface area contributed by atoms with Gasteiger partial charge in [-0.3, -0.25) is 0 Å². The average molecular weight is 301 g/mol. The molecule has 5 heteroatoms. The van der Waals surface area contributed by atoms with Gasteiger partial charge in [-0.15, -0.1) is 0 Å². The Balaban J connectivity index is 2.18. The van der Waals surface area contributed by atoms with Crippen LogP contribution in [0.15, 0.2) is 16.7 Å². The highest BCUT2D eigenvalue weighted by Gasteiger charge is 2.41. The molecule has 17 heavy (non-hydrogen) atoms. The quantitative estimate of drug-likeness (QED) is 0.932. The molecule has 2 N–H and O–H groups in total. The molecule has 94 valence electrons. The van der Waals surface area contributed by atoms with Gasteiger partial charge in [0.05, 0.1) is 0 Å². The number of halogens is 1. The molecular formula is C12H17BrN2O2. The third-order valence-corrected chi connectivity index (χ3v) is 3.84. The third-order valence-electron chi connectivity index (χ3n) is 3.40. The van der Waals surface area contributed by atoms with Gasteiger partial charge < -0.3 is 15.2 Å². The van der Waals surface area contributed by atoms with Crippen molar-refractivity contribution in [2.75, 3.05) is 12.8 Å². The SMILES string of the molecule is COC1(C)CCC[C@@H]1Oc1cc(Br)cnc1N. The zero-order valence-electron chi connectivity index (χ0n) is 10.1. The average Bonchev–Trinajstić information content (AvgIpc) is 2.67. The summed E-state index contributed by atoms with van der Waals surface area (Å²) < 4.78 is 12.4. The molecule has 0 aliphatic heterocycles. The maximum Gasteiger partial charge on any atom is 0.166 e. The number of hydrogen-bond acceptors (Lipinski definition) is 4. The number of methoxy groups -OCH3 is 1. The highest BCUT2D eigenvalue weighted by atomic mass is 79.9. The van der Waals surface area contributed by atoms with Gasteiger partial charge in [-0.2, -0.15) is 0 Å². The number of ether oxygens (including phenoxy) is 2. The fourth-order valence-corrected chi connectivity index (χ4v) is 2.51. The van der Waals surface area contributed by atoms with Crippen LogP contribution in [0.3, 0.4) is 0 Å². The predicted octanol–water partition coefficient (Wildman–Crippen LogP) is 2.76. The van der Waals surface area contributed by atoms with Crippen molar-refractivity contribution >= 4 is 21.7 Å². The Morgan fingerprint density at radius 3 is 3.06 bits per heavy atom. The first kappa shape index (κ1) is 12.6. The van der Waals surface area contributed by atoms with Gasteiger partial charge >= 0.3 is 0 Å². The summed E-state index contributed by atoms with van der Waals surface area (Å²) >= 11 is 3.36. The van der Waals surface area contributed by atoms with Gasteiger partial charge in [0.15, 0.2) is 11.6 Å². The summed E-state index contributed by atoms with van der Waals surface area (Å²) in [6.07, 6.45) is 4.79. The van der Waals surface area contributed by atoms with Crippen molar-refractivity contribution in [3.63, 3.8) is 0 Å². The lowest BCUT2D eigenvalue weighted by molar-refractivity contribution is -0.0589. The first-order valence-corrected chi connectivity index (χ1v) is 6.47. The van der Waals surface area contributed by atoms with E-state index < -0.39 is 0 Å². The van der Waals surface area contributed by atoms with Crippen LogP contribution in [-0.4, -0.2) is 23.8 Å². The molecule has 1 saturated carbocycles. The third kappa shape index (κ3) is 2.55. The van der Waals surface area contributed by atoms with Crippen LogP contribution in [0, 0.1) is 0 Å². The second-order valence-electron chi connectivity index (χ2n) is 4.55. The molecule has 0 bridgehead atoms. The Morgan fingerprint density at radius 1 is 1.59 bits per heavy atom. The molecule has 0 amide bonds. The smallest absolute Gasteiger partial charge is 0.166 e. The van der Waals surface area contributed by atoms with Gasteiger partial charge in [0.2, 0.25) is 0 Å². The zero-order valence-corrected chi connectivity index (χ0v) is 11.7. The summed E-state index contributed by atoms with van der Waals surface area (Å²) in [5.74, 6) is 1.04. The van der Waals surface area contributed by atoms with Crippen LogP contribution in [-0.2, 0) is 4.74 Å². The van der Waals surface area contributed by atoms with Crippen LogP contribution in [0.2, 0.25) is 0 Å². The Morgan fingerprint density at radius 2 is 2.35 bits per heavy atom. The maximum absolute atomic E-state index is 5.95. The molecule has 0 saturated heterocycles. The van der Waals surface area contributed by atoms with E-state index in [0.717, 1.165) is 23.7 Å². The van der Waals surface area contributed by atoms with Gasteiger partial charge in [0, 0.05) is 17.8 Å². The van der Waals surface area contributed by atoms with Crippen LogP contribution < -0.4 is 10.5 Å². The number of nitrogen functional groups attached to an aromatic ring is 1. The van der Waals surface area contributed by atoms with Crippen molar-refractivity contribution < 1.29 is 9.47 Å². The van der Waals surface area contributed by atoms with E-state index in [1.165, 1.54) is 0 Å². The van der Waals surface area contributed by atoms with E-state index in [0.29, 0.717) is 11.6 Å². The predicted molar refractivity (Wildman–Crippen MR) is 70.0 cm³/mol. The Labute approximate surface area is 110 Å². The lowest BCUT2D eigenvalue weighted by Gasteiger charge is -2.30. The fourth-order valence-electron chi connectivity index (χ4n) is 2.20. The number of hydrogen-bond donors (Lipinski definition) is 1.